The number of hydrogen-bond acceptors (Lipinski definition) is 4. The third-order valence-corrected chi connectivity index (χ3v) is 3.10. The fraction of sp³-hybridized carbons (Fsp3) is 0.600. The highest BCUT2D eigenvalue weighted by molar-refractivity contribution is 5.38. The summed E-state index contributed by atoms with van der Waals surface area (Å²) in [6, 6.07) is 5.32. The highest BCUT2D eigenvalue weighted by atomic mass is 15.3. The lowest BCUT2D eigenvalue weighted by Gasteiger charge is -2.33. The number of hydrogen-bond donors (Lipinski definition) is 1. The maximum absolute atomic E-state index is 4.15. The fourth-order valence-corrected chi connectivity index (χ4v) is 2.45. The number of nitrogens with one attached hydrogen (secondary N) is 1. The average Bonchev–Trinajstić information content (AvgIpc) is 2.59. The van der Waals surface area contributed by atoms with E-state index in [0.29, 0.717) is 12.1 Å². The van der Waals surface area contributed by atoms with E-state index < -0.39 is 0 Å². The molecule has 0 aromatic carbocycles. The van der Waals surface area contributed by atoms with Gasteiger partial charge in [0.25, 0.3) is 0 Å². The molecule has 1 aromatic heterocycles. The van der Waals surface area contributed by atoms with Gasteiger partial charge in [-0.05, 0) is 25.0 Å². The molecule has 2 aliphatic heterocycles. The lowest BCUT2D eigenvalue weighted by atomic mass is 10.2. The fourth-order valence-electron chi connectivity index (χ4n) is 2.45. The van der Waals surface area contributed by atoms with Crippen molar-refractivity contribution < 1.29 is 0 Å². The molecule has 1 N–H and O–H groups in total. The molecule has 14 heavy (non-hydrogen) atoms. The van der Waals surface area contributed by atoms with Crippen LogP contribution in [0.4, 0.5) is 5.82 Å². The van der Waals surface area contributed by atoms with E-state index in [4.69, 9.17) is 0 Å². The molecule has 2 aliphatic rings. The number of rotatable bonds is 1. The number of aromatic nitrogens is 2. The maximum Gasteiger partial charge on any atom is 0.151 e. The lowest BCUT2D eigenvalue weighted by Crippen LogP contribution is -2.51. The van der Waals surface area contributed by atoms with Gasteiger partial charge in [0.1, 0.15) is 0 Å². The molecule has 3 heterocycles. The molecule has 74 valence electrons. The summed E-state index contributed by atoms with van der Waals surface area (Å²) >= 11 is 0. The Morgan fingerprint density at radius 2 is 2.07 bits per heavy atom. The quantitative estimate of drug-likeness (QED) is 0.696. The van der Waals surface area contributed by atoms with Crippen molar-refractivity contribution in [3.63, 3.8) is 0 Å². The molecule has 0 radical (unpaired) electrons. The van der Waals surface area contributed by atoms with Crippen molar-refractivity contribution in [3.05, 3.63) is 18.3 Å². The van der Waals surface area contributed by atoms with Gasteiger partial charge in [-0.1, -0.05) is 0 Å². The summed E-state index contributed by atoms with van der Waals surface area (Å²) in [5.74, 6) is 1.02. The van der Waals surface area contributed by atoms with Crippen molar-refractivity contribution in [3.8, 4) is 0 Å². The largest absolute Gasteiger partial charge is 0.352 e. The molecule has 3 rings (SSSR count). The molecular weight excluding hydrogens is 176 g/mol. The zero-order valence-electron chi connectivity index (χ0n) is 8.06. The lowest BCUT2D eigenvalue weighted by molar-refractivity contribution is 0.462. The third kappa shape index (κ3) is 1.35. The van der Waals surface area contributed by atoms with Crippen LogP contribution in [0.2, 0.25) is 0 Å². The second-order valence-corrected chi connectivity index (χ2v) is 4.12. The first-order chi connectivity index (χ1) is 6.92. The Labute approximate surface area is 83.3 Å². The van der Waals surface area contributed by atoms with Crippen LogP contribution in [0.15, 0.2) is 18.3 Å². The van der Waals surface area contributed by atoms with E-state index in [0.717, 1.165) is 18.9 Å². The van der Waals surface area contributed by atoms with Gasteiger partial charge in [-0.25, -0.2) is 0 Å². The summed E-state index contributed by atoms with van der Waals surface area (Å²) < 4.78 is 0. The summed E-state index contributed by atoms with van der Waals surface area (Å²) in [6.07, 6.45) is 4.34. The minimum absolute atomic E-state index is 0.663. The monoisotopic (exact) mass is 190 g/mol. The van der Waals surface area contributed by atoms with Crippen molar-refractivity contribution in [2.75, 3.05) is 18.0 Å². The topological polar surface area (TPSA) is 41.1 Å². The minimum Gasteiger partial charge on any atom is -0.352 e. The van der Waals surface area contributed by atoms with Crippen molar-refractivity contribution in [2.45, 2.75) is 24.9 Å². The van der Waals surface area contributed by atoms with Crippen LogP contribution in [-0.2, 0) is 0 Å². The molecule has 4 nitrogen and oxygen atoms in total. The predicted molar refractivity (Wildman–Crippen MR) is 54.2 cm³/mol. The van der Waals surface area contributed by atoms with Gasteiger partial charge < -0.3 is 10.2 Å². The SMILES string of the molecule is c1cnnc(N2C[C@H]3CC[C@@H](C2)N3)c1. The summed E-state index contributed by atoms with van der Waals surface area (Å²) in [5, 5.41) is 11.7. The Balaban J connectivity index is 1.81. The number of nitrogens with zero attached hydrogens (tertiary/aromatic N) is 3. The molecule has 2 saturated heterocycles. The molecule has 0 amide bonds. The van der Waals surface area contributed by atoms with Gasteiger partial charge in [0, 0.05) is 31.4 Å². The third-order valence-electron chi connectivity index (χ3n) is 3.10. The highest BCUT2D eigenvalue weighted by Crippen LogP contribution is 2.22. The Bertz CT molecular complexity index is 301. The van der Waals surface area contributed by atoms with E-state index >= 15 is 0 Å². The molecule has 4 heteroatoms. The highest BCUT2D eigenvalue weighted by Gasteiger charge is 2.32. The molecule has 0 spiro atoms. The van der Waals surface area contributed by atoms with Crippen LogP contribution in [0.3, 0.4) is 0 Å². The van der Waals surface area contributed by atoms with Crippen LogP contribution >= 0.6 is 0 Å². The Kier molecular flexibility index (Phi) is 1.87. The zero-order valence-corrected chi connectivity index (χ0v) is 8.06. The number of anilines is 1. The van der Waals surface area contributed by atoms with Gasteiger partial charge in [-0.2, -0.15) is 5.10 Å². The van der Waals surface area contributed by atoms with Crippen LogP contribution in [0.25, 0.3) is 0 Å². The van der Waals surface area contributed by atoms with Gasteiger partial charge in [-0.3, -0.25) is 0 Å². The van der Waals surface area contributed by atoms with Gasteiger partial charge in [0.2, 0.25) is 0 Å². The van der Waals surface area contributed by atoms with Crippen LogP contribution < -0.4 is 10.2 Å². The summed E-state index contributed by atoms with van der Waals surface area (Å²) in [7, 11) is 0. The predicted octanol–water partition coefficient (Wildman–Crippen LogP) is 0.417. The normalized spacial score (nSPS) is 30.7. The van der Waals surface area contributed by atoms with E-state index in [2.05, 4.69) is 20.4 Å². The van der Waals surface area contributed by atoms with Crippen LogP contribution in [0.5, 0.6) is 0 Å². The van der Waals surface area contributed by atoms with E-state index in [1.165, 1.54) is 12.8 Å². The molecule has 2 fully saturated rings. The Morgan fingerprint density at radius 1 is 1.29 bits per heavy atom. The van der Waals surface area contributed by atoms with Crippen molar-refractivity contribution in [1.82, 2.24) is 15.5 Å². The van der Waals surface area contributed by atoms with Crippen LogP contribution in [0.1, 0.15) is 12.8 Å². The van der Waals surface area contributed by atoms with E-state index in [1.54, 1.807) is 6.20 Å². The molecule has 1 aromatic rings. The summed E-state index contributed by atoms with van der Waals surface area (Å²) in [5.41, 5.74) is 0. The first kappa shape index (κ1) is 8.17. The molecule has 2 atom stereocenters. The van der Waals surface area contributed by atoms with Crippen LogP contribution in [-0.4, -0.2) is 35.4 Å². The Morgan fingerprint density at radius 3 is 2.71 bits per heavy atom. The second kappa shape index (κ2) is 3.20. The van der Waals surface area contributed by atoms with E-state index in [9.17, 15) is 0 Å². The van der Waals surface area contributed by atoms with E-state index in [-0.39, 0.29) is 0 Å². The molecular formula is C10H14N4. The molecule has 0 unspecified atom stereocenters. The summed E-state index contributed by atoms with van der Waals surface area (Å²) in [6.45, 7) is 2.16. The van der Waals surface area contributed by atoms with Gasteiger partial charge in [-0.15, -0.1) is 5.10 Å². The van der Waals surface area contributed by atoms with Gasteiger partial charge in [0.05, 0.1) is 0 Å². The first-order valence-corrected chi connectivity index (χ1v) is 5.20. The standard InChI is InChI=1S/C10H14N4/c1-2-10(13-11-5-1)14-6-8-3-4-9(7-14)12-8/h1-2,5,8-9,12H,3-4,6-7H2/t8-,9+. The molecule has 2 bridgehead atoms. The zero-order chi connectivity index (χ0) is 9.38. The average molecular weight is 190 g/mol. The smallest absolute Gasteiger partial charge is 0.151 e. The van der Waals surface area contributed by atoms with Crippen molar-refractivity contribution in [2.24, 2.45) is 0 Å². The van der Waals surface area contributed by atoms with Crippen molar-refractivity contribution in [1.29, 1.82) is 0 Å². The van der Waals surface area contributed by atoms with E-state index in [1.807, 2.05) is 12.1 Å². The summed E-state index contributed by atoms with van der Waals surface area (Å²) in [4.78, 5) is 2.34. The van der Waals surface area contributed by atoms with Crippen molar-refractivity contribution >= 4 is 5.82 Å². The van der Waals surface area contributed by atoms with Crippen LogP contribution in [0, 0.1) is 0 Å². The number of piperazine rings is 1. The second-order valence-electron chi connectivity index (χ2n) is 4.12. The number of fused-ring (bicyclic) bond motifs is 2. The van der Waals surface area contributed by atoms with Gasteiger partial charge in [0.15, 0.2) is 5.82 Å². The Hall–Kier alpha value is -1.16. The molecule has 0 aliphatic carbocycles. The molecule has 0 saturated carbocycles. The maximum atomic E-state index is 4.15. The minimum atomic E-state index is 0.663. The van der Waals surface area contributed by atoms with Gasteiger partial charge >= 0.3 is 0 Å². The first-order valence-electron chi connectivity index (χ1n) is 5.20.